The molecule has 0 aliphatic carbocycles. The van der Waals surface area contributed by atoms with Gasteiger partial charge in [0.15, 0.2) is 0 Å². The van der Waals surface area contributed by atoms with Crippen molar-refractivity contribution in [2.75, 3.05) is 6.54 Å². The topological polar surface area (TPSA) is 47.0 Å². The number of nitrogens with zero attached hydrogens (tertiary/aromatic N) is 2. The van der Waals surface area contributed by atoms with Gasteiger partial charge in [0.25, 0.3) is 0 Å². The second kappa shape index (κ2) is 6.33. The molecule has 106 valence electrons. The van der Waals surface area contributed by atoms with Crippen LogP contribution in [-0.4, -0.2) is 16.5 Å². The summed E-state index contributed by atoms with van der Waals surface area (Å²) in [6, 6.07) is 13.8. The van der Waals surface area contributed by atoms with Gasteiger partial charge in [0, 0.05) is 36.0 Å². The van der Waals surface area contributed by atoms with Gasteiger partial charge in [-0.3, -0.25) is 4.98 Å². The van der Waals surface area contributed by atoms with Gasteiger partial charge >= 0.3 is 0 Å². The van der Waals surface area contributed by atoms with Gasteiger partial charge in [-0.2, -0.15) is 0 Å². The second-order valence-electron chi connectivity index (χ2n) is 4.71. The molecule has 1 aromatic carbocycles. The molecular weight excluding hydrogens is 262 g/mol. The molecule has 4 nitrogen and oxygen atoms in total. The van der Waals surface area contributed by atoms with Crippen molar-refractivity contribution in [2.24, 2.45) is 0 Å². The number of hydrogen-bond acceptors (Lipinski definition) is 4. The Balaban J connectivity index is 1.87. The normalized spacial score (nSPS) is 10.7. The van der Waals surface area contributed by atoms with E-state index in [1.165, 1.54) is 0 Å². The Morgan fingerprint density at radius 1 is 1.05 bits per heavy atom. The van der Waals surface area contributed by atoms with Crippen LogP contribution in [0.15, 0.2) is 54.9 Å². The average molecular weight is 279 g/mol. The minimum atomic E-state index is 0.633. The third kappa shape index (κ3) is 3.17. The highest BCUT2D eigenvalue weighted by Gasteiger charge is 2.06. The smallest absolute Gasteiger partial charge is 0.223 e. The maximum Gasteiger partial charge on any atom is 0.223 e. The fraction of sp³-hybridized carbons (Fsp3) is 0.176. The highest BCUT2D eigenvalue weighted by Crippen LogP contribution is 2.25. The van der Waals surface area contributed by atoms with E-state index < -0.39 is 0 Å². The Labute approximate surface area is 123 Å². The molecule has 21 heavy (non-hydrogen) atoms. The van der Waals surface area contributed by atoms with Gasteiger partial charge in [0.2, 0.25) is 5.88 Å². The molecule has 3 rings (SSSR count). The third-order valence-corrected chi connectivity index (χ3v) is 3.21. The van der Waals surface area contributed by atoms with Gasteiger partial charge in [-0.1, -0.05) is 19.1 Å². The fourth-order valence-electron chi connectivity index (χ4n) is 2.13. The maximum atomic E-state index is 5.92. The maximum absolute atomic E-state index is 5.92. The largest absolute Gasteiger partial charge is 0.439 e. The minimum Gasteiger partial charge on any atom is -0.439 e. The average Bonchev–Trinajstić information content (AvgIpc) is 2.54. The van der Waals surface area contributed by atoms with Crippen LogP contribution in [0, 0.1) is 0 Å². The van der Waals surface area contributed by atoms with E-state index in [1.807, 2.05) is 42.5 Å². The van der Waals surface area contributed by atoms with Crippen LogP contribution in [0.5, 0.6) is 11.6 Å². The lowest BCUT2D eigenvalue weighted by Gasteiger charge is -2.10. The molecular formula is C17H17N3O. The van der Waals surface area contributed by atoms with Crippen molar-refractivity contribution in [3.05, 3.63) is 60.4 Å². The van der Waals surface area contributed by atoms with Crippen molar-refractivity contribution in [1.82, 2.24) is 15.3 Å². The van der Waals surface area contributed by atoms with E-state index in [-0.39, 0.29) is 0 Å². The summed E-state index contributed by atoms with van der Waals surface area (Å²) in [6.45, 7) is 3.73. The third-order valence-electron chi connectivity index (χ3n) is 3.21. The number of ether oxygens (including phenoxy) is 1. The summed E-state index contributed by atoms with van der Waals surface area (Å²) < 4.78 is 5.92. The van der Waals surface area contributed by atoms with Crippen molar-refractivity contribution in [1.29, 1.82) is 0 Å². The molecule has 0 aliphatic rings. The van der Waals surface area contributed by atoms with Crippen LogP contribution in [0.2, 0.25) is 0 Å². The molecule has 0 radical (unpaired) electrons. The summed E-state index contributed by atoms with van der Waals surface area (Å²) in [7, 11) is 0. The highest BCUT2D eigenvalue weighted by molar-refractivity contribution is 5.79. The molecule has 0 unspecified atom stereocenters. The zero-order chi connectivity index (χ0) is 14.5. The van der Waals surface area contributed by atoms with Crippen LogP contribution in [-0.2, 0) is 6.54 Å². The summed E-state index contributed by atoms with van der Waals surface area (Å²) in [5.74, 6) is 1.38. The van der Waals surface area contributed by atoms with E-state index >= 15 is 0 Å². The summed E-state index contributed by atoms with van der Waals surface area (Å²) in [6.07, 6.45) is 3.52. The number of hydrogen-bond donors (Lipinski definition) is 1. The Morgan fingerprint density at radius 2 is 1.90 bits per heavy atom. The van der Waals surface area contributed by atoms with E-state index in [4.69, 9.17) is 4.74 Å². The van der Waals surface area contributed by atoms with Crippen molar-refractivity contribution >= 4 is 10.9 Å². The number of nitrogens with one attached hydrogen (secondary N) is 1. The summed E-state index contributed by atoms with van der Waals surface area (Å²) in [5.41, 5.74) is 1.96. The number of rotatable bonds is 5. The van der Waals surface area contributed by atoms with E-state index in [0.29, 0.717) is 5.88 Å². The van der Waals surface area contributed by atoms with Crippen molar-refractivity contribution < 1.29 is 4.74 Å². The van der Waals surface area contributed by atoms with Gasteiger partial charge in [-0.05, 0) is 30.8 Å². The van der Waals surface area contributed by atoms with Crippen LogP contribution in [0.1, 0.15) is 12.5 Å². The first kappa shape index (κ1) is 13.5. The molecule has 4 heteroatoms. The monoisotopic (exact) mass is 279 g/mol. The quantitative estimate of drug-likeness (QED) is 0.776. The second-order valence-corrected chi connectivity index (χ2v) is 4.71. The zero-order valence-corrected chi connectivity index (χ0v) is 11.9. The zero-order valence-electron chi connectivity index (χ0n) is 11.9. The van der Waals surface area contributed by atoms with Crippen molar-refractivity contribution in [3.8, 4) is 11.6 Å². The van der Waals surface area contributed by atoms with E-state index in [1.54, 1.807) is 12.4 Å². The molecule has 2 aromatic heterocycles. The predicted octanol–water partition coefficient (Wildman–Crippen LogP) is 3.53. The SMILES string of the molecule is CCNCc1cccnc1Oc1ccc2cccnc2c1. The standard InChI is InChI=1S/C17H17N3O/c1-2-18-12-14-6-4-10-20-17(14)21-15-8-7-13-5-3-9-19-16(13)11-15/h3-11,18H,2,12H2,1H3. The first-order valence-electron chi connectivity index (χ1n) is 7.04. The molecule has 3 aromatic rings. The first-order chi connectivity index (χ1) is 10.4. The molecule has 0 saturated carbocycles. The highest BCUT2D eigenvalue weighted by atomic mass is 16.5. The van der Waals surface area contributed by atoms with E-state index in [2.05, 4.69) is 22.2 Å². The Bertz CT molecular complexity index is 743. The lowest BCUT2D eigenvalue weighted by molar-refractivity contribution is 0.454. The lowest BCUT2D eigenvalue weighted by Crippen LogP contribution is -2.12. The minimum absolute atomic E-state index is 0.633. The summed E-state index contributed by atoms with van der Waals surface area (Å²) in [5, 5.41) is 4.38. The van der Waals surface area contributed by atoms with Crippen LogP contribution in [0.3, 0.4) is 0 Å². The van der Waals surface area contributed by atoms with Crippen molar-refractivity contribution in [3.63, 3.8) is 0 Å². The Morgan fingerprint density at radius 3 is 2.81 bits per heavy atom. The molecule has 0 saturated heterocycles. The number of aromatic nitrogens is 2. The summed E-state index contributed by atoms with van der Waals surface area (Å²) >= 11 is 0. The fourth-order valence-corrected chi connectivity index (χ4v) is 2.13. The van der Waals surface area contributed by atoms with Gasteiger partial charge in [0.1, 0.15) is 5.75 Å². The van der Waals surface area contributed by atoms with Crippen LogP contribution >= 0.6 is 0 Å². The lowest BCUT2D eigenvalue weighted by atomic mass is 10.2. The molecule has 0 amide bonds. The van der Waals surface area contributed by atoms with Gasteiger partial charge < -0.3 is 10.1 Å². The van der Waals surface area contributed by atoms with Gasteiger partial charge in [-0.25, -0.2) is 4.98 Å². The van der Waals surface area contributed by atoms with Crippen LogP contribution in [0.4, 0.5) is 0 Å². The molecule has 2 heterocycles. The molecule has 0 aliphatic heterocycles. The number of fused-ring (bicyclic) bond motifs is 1. The molecule has 0 atom stereocenters. The van der Waals surface area contributed by atoms with Gasteiger partial charge in [0.05, 0.1) is 5.52 Å². The van der Waals surface area contributed by atoms with Crippen LogP contribution < -0.4 is 10.1 Å². The van der Waals surface area contributed by atoms with E-state index in [0.717, 1.165) is 35.3 Å². The van der Waals surface area contributed by atoms with Crippen molar-refractivity contribution in [2.45, 2.75) is 13.5 Å². The molecule has 0 fully saturated rings. The summed E-state index contributed by atoms with van der Waals surface area (Å²) in [4.78, 5) is 8.67. The van der Waals surface area contributed by atoms with Crippen LogP contribution in [0.25, 0.3) is 10.9 Å². The molecule has 0 bridgehead atoms. The number of pyridine rings is 2. The first-order valence-corrected chi connectivity index (χ1v) is 7.04. The number of benzene rings is 1. The Hall–Kier alpha value is -2.46. The van der Waals surface area contributed by atoms with Gasteiger partial charge in [-0.15, -0.1) is 0 Å². The molecule has 1 N–H and O–H groups in total. The predicted molar refractivity (Wildman–Crippen MR) is 83.4 cm³/mol. The Kier molecular flexibility index (Phi) is 4.07. The molecule has 0 spiro atoms. The van der Waals surface area contributed by atoms with E-state index in [9.17, 15) is 0 Å².